The Labute approximate surface area is 66.1 Å². The smallest absolute Gasteiger partial charge is 0.131 e. The van der Waals surface area contributed by atoms with E-state index in [1.54, 1.807) is 0 Å². The second kappa shape index (κ2) is 3.44. The third-order valence-corrected chi connectivity index (χ3v) is 1.36. The van der Waals surface area contributed by atoms with Gasteiger partial charge in [0.2, 0.25) is 0 Å². The molecule has 0 bridgehead atoms. The SMILES string of the molecule is Cc1cc(C)nc(CCO)n1. The molecule has 1 aromatic heterocycles. The Morgan fingerprint density at radius 3 is 2.27 bits per heavy atom. The van der Waals surface area contributed by atoms with E-state index in [1.165, 1.54) is 0 Å². The topological polar surface area (TPSA) is 46.0 Å². The number of aromatic nitrogens is 2. The second-order valence-electron chi connectivity index (χ2n) is 2.54. The summed E-state index contributed by atoms with van der Waals surface area (Å²) >= 11 is 0. The lowest BCUT2D eigenvalue weighted by Crippen LogP contribution is -2.01. The largest absolute Gasteiger partial charge is 0.396 e. The first-order valence-corrected chi connectivity index (χ1v) is 3.64. The summed E-state index contributed by atoms with van der Waals surface area (Å²) in [7, 11) is 0. The number of aliphatic hydroxyl groups excluding tert-OH is 1. The fourth-order valence-electron chi connectivity index (χ4n) is 1.01. The predicted octanol–water partition coefficient (Wildman–Crippen LogP) is 0.628. The highest BCUT2D eigenvalue weighted by Crippen LogP contribution is 1.98. The Balaban J connectivity index is 2.89. The van der Waals surface area contributed by atoms with Crippen molar-refractivity contribution in [3.8, 4) is 0 Å². The lowest BCUT2D eigenvalue weighted by atomic mass is 10.3. The Morgan fingerprint density at radius 1 is 1.27 bits per heavy atom. The highest BCUT2D eigenvalue weighted by Gasteiger charge is 1.97. The molecule has 0 atom stereocenters. The minimum absolute atomic E-state index is 0.114. The summed E-state index contributed by atoms with van der Waals surface area (Å²) in [4.78, 5) is 8.31. The molecule has 0 spiro atoms. The van der Waals surface area contributed by atoms with Gasteiger partial charge < -0.3 is 5.11 Å². The van der Waals surface area contributed by atoms with Crippen molar-refractivity contribution in [3.05, 3.63) is 23.3 Å². The Hall–Kier alpha value is -0.960. The van der Waals surface area contributed by atoms with Crippen molar-refractivity contribution in [1.82, 2.24) is 9.97 Å². The first-order chi connectivity index (χ1) is 5.22. The molecule has 3 nitrogen and oxygen atoms in total. The fourth-order valence-corrected chi connectivity index (χ4v) is 1.01. The molecule has 3 heteroatoms. The summed E-state index contributed by atoms with van der Waals surface area (Å²) in [6.45, 7) is 3.97. The first kappa shape index (κ1) is 8.14. The van der Waals surface area contributed by atoms with Crippen LogP contribution in [0.5, 0.6) is 0 Å². The van der Waals surface area contributed by atoms with E-state index in [2.05, 4.69) is 9.97 Å². The van der Waals surface area contributed by atoms with E-state index in [0.717, 1.165) is 17.2 Å². The van der Waals surface area contributed by atoms with Crippen LogP contribution in [0.2, 0.25) is 0 Å². The zero-order valence-corrected chi connectivity index (χ0v) is 6.83. The van der Waals surface area contributed by atoms with Crippen molar-refractivity contribution in [1.29, 1.82) is 0 Å². The Morgan fingerprint density at radius 2 is 1.82 bits per heavy atom. The van der Waals surface area contributed by atoms with Crippen LogP contribution >= 0.6 is 0 Å². The molecule has 1 aromatic rings. The van der Waals surface area contributed by atoms with Crippen molar-refractivity contribution in [3.63, 3.8) is 0 Å². The van der Waals surface area contributed by atoms with Crippen LogP contribution in [0.25, 0.3) is 0 Å². The first-order valence-electron chi connectivity index (χ1n) is 3.64. The van der Waals surface area contributed by atoms with Crippen molar-refractivity contribution in [2.75, 3.05) is 6.61 Å². The maximum atomic E-state index is 8.62. The molecule has 0 saturated carbocycles. The van der Waals surface area contributed by atoms with Gasteiger partial charge >= 0.3 is 0 Å². The van der Waals surface area contributed by atoms with E-state index in [4.69, 9.17) is 5.11 Å². The van der Waals surface area contributed by atoms with E-state index < -0.39 is 0 Å². The van der Waals surface area contributed by atoms with Crippen molar-refractivity contribution >= 4 is 0 Å². The second-order valence-corrected chi connectivity index (χ2v) is 2.54. The fraction of sp³-hybridized carbons (Fsp3) is 0.500. The Kier molecular flexibility index (Phi) is 2.54. The third kappa shape index (κ3) is 2.27. The van der Waals surface area contributed by atoms with E-state index in [-0.39, 0.29) is 6.61 Å². The number of aryl methyl sites for hydroxylation is 2. The molecular weight excluding hydrogens is 140 g/mol. The van der Waals surface area contributed by atoms with Gasteiger partial charge in [0.1, 0.15) is 5.82 Å². The predicted molar refractivity (Wildman–Crippen MR) is 42.3 cm³/mol. The Bertz CT molecular complexity index is 228. The summed E-state index contributed by atoms with van der Waals surface area (Å²) < 4.78 is 0. The molecular formula is C8H12N2O. The molecule has 0 fully saturated rings. The van der Waals surface area contributed by atoms with E-state index >= 15 is 0 Å². The molecule has 1 rings (SSSR count). The summed E-state index contributed by atoms with van der Waals surface area (Å²) in [6.07, 6.45) is 0.544. The quantitative estimate of drug-likeness (QED) is 0.676. The van der Waals surface area contributed by atoms with E-state index in [0.29, 0.717) is 6.42 Å². The van der Waals surface area contributed by atoms with Gasteiger partial charge in [0.05, 0.1) is 6.61 Å². The van der Waals surface area contributed by atoms with Gasteiger partial charge in [-0.05, 0) is 19.9 Å². The van der Waals surface area contributed by atoms with Gasteiger partial charge in [-0.2, -0.15) is 0 Å². The van der Waals surface area contributed by atoms with Crippen LogP contribution < -0.4 is 0 Å². The average Bonchev–Trinajstić information content (AvgIpc) is 1.85. The van der Waals surface area contributed by atoms with Crippen molar-refractivity contribution in [2.24, 2.45) is 0 Å². The number of hydrogen-bond acceptors (Lipinski definition) is 3. The van der Waals surface area contributed by atoms with Crippen LogP contribution in [-0.4, -0.2) is 21.7 Å². The molecule has 0 unspecified atom stereocenters. The van der Waals surface area contributed by atoms with Gasteiger partial charge in [-0.1, -0.05) is 0 Å². The van der Waals surface area contributed by atoms with Gasteiger partial charge in [0, 0.05) is 17.8 Å². The summed E-state index contributed by atoms with van der Waals surface area (Å²) in [5.74, 6) is 0.727. The maximum Gasteiger partial charge on any atom is 0.131 e. The summed E-state index contributed by atoms with van der Waals surface area (Å²) in [5.41, 5.74) is 1.92. The van der Waals surface area contributed by atoms with Crippen LogP contribution in [0.3, 0.4) is 0 Å². The molecule has 1 heterocycles. The molecule has 0 aliphatic rings. The molecule has 0 aliphatic heterocycles. The minimum Gasteiger partial charge on any atom is -0.396 e. The number of rotatable bonds is 2. The summed E-state index contributed by atoms with van der Waals surface area (Å²) in [6, 6.07) is 1.92. The van der Waals surface area contributed by atoms with Crippen LogP contribution in [0.15, 0.2) is 6.07 Å². The van der Waals surface area contributed by atoms with Gasteiger partial charge in [-0.25, -0.2) is 9.97 Å². The maximum absolute atomic E-state index is 8.62. The van der Waals surface area contributed by atoms with E-state index in [1.807, 2.05) is 19.9 Å². The highest BCUT2D eigenvalue weighted by atomic mass is 16.3. The zero-order chi connectivity index (χ0) is 8.27. The molecule has 11 heavy (non-hydrogen) atoms. The monoisotopic (exact) mass is 152 g/mol. The molecule has 60 valence electrons. The normalized spacial score (nSPS) is 10.1. The molecule has 0 aromatic carbocycles. The summed E-state index contributed by atoms with van der Waals surface area (Å²) in [5, 5.41) is 8.62. The van der Waals surface area contributed by atoms with Gasteiger partial charge in [-0.3, -0.25) is 0 Å². The lowest BCUT2D eigenvalue weighted by Gasteiger charge is -1.99. The van der Waals surface area contributed by atoms with Crippen LogP contribution in [0.4, 0.5) is 0 Å². The van der Waals surface area contributed by atoms with Gasteiger partial charge in [0.25, 0.3) is 0 Å². The lowest BCUT2D eigenvalue weighted by molar-refractivity contribution is 0.296. The number of aliphatic hydroxyl groups is 1. The minimum atomic E-state index is 0.114. The molecule has 0 saturated heterocycles. The van der Waals surface area contributed by atoms with Crippen molar-refractivity contribution in [2.45, 2.75) is 20.3 Å². The number of nitrogens with zero attached hydrogens (tertiary/aromatic N) is 2. The zero-order valence-electron chi connectivity index (χ0n) is 6.83. The van der Waals surface area contributed by atoms with Crippen LogP contribution in [0, 0.1) is 13.8 Å². The average molecular weight is 152 g/mol. The molecule has 0 aliphatic carbocycles. The van der Waals surface area contributed by atoms with Crippen LogP contribution in [0.1, 0.15) is 17.2 Å². The molecule has 0 amide bonds. The van der Waals surface area contributed by atoms with Crippen LogP contribution in [-0.2, 0) is 6.42 Å². The third-order valence-electron chi connectivity index (χ3n) is 1.36. The standard InChI is InChI=1S/C8H12N2O/c1-6-5-7(2)10-8(9-6)3-4-11/h5,11H,3-4H2,1-2H3. The van der Waals surface area contributed by atoms with Crippen molar-refractivity contribution < 1.29 is 5.11 Å². The van der Waals surface area contributed by atoms with Gasteiger partial charge in [0.15, 0.2) is 0 Å². The highest BCUT2D eigenvalue weighted by molar-refractivity contribution is 5.08. The van der Waals surface area contributed by atoms with E-state index in [9.17, 15) is 0 Å². The molecule has 1 N–H and O–H groups in total. The van der Waals surface area contributed by atoms with Gasteiger partial charge in [-0.15, -0.1) is 0 Å². The number of hydrogen-bond donors (Lipinski definition) is 1. The molecule has 0 radical (unpaired) electrons.